The minimum Gasteiger partial charge on any atom is -0.232 e. The first-order valence-corrected chi connectivity index (χ1v) is 8.38. The smallest absolute Gasteiger partial charge is 0.232 e. The van der Waals surface area contributed by atoms with E-state index in [4.69, 9.17) is 4.84 Å². The van der Waals surface area contributed by atoms with E-state index >= 15 is 0 Å². The van der Waals surface area contributed by atoms with E-state index in [1.165, 1.54) is 57.8 Å². The average Bonchev–Trinajstić information content (AvgIpc) is 2.41. The molecule has 0 atom stereocenters. The second-order valence-corrected chi connectivity index (χ2v) is 5.43. The standard InChI is InChI=1S/C16H34NO2/c1-3-5-7-9-11-13-15-17(18)19-16-14-12-10-8-6-4-2/h3-16H2,1-2H3/q+1. The Morgan fingerprint density at radius 2 is 1.16 bits per heavy atom. The fourth-order valence-electron chi connectivity index (χ4n) is 2.13. The van der Waals surface area contributed by atoms with Gasteiger partial charge in [0.05, 0.1) is 4.91 Å². The van der Waals surface area contributed by atoms with Crippen LogP contribution in [0.2, 0.25) is 0 Å². The number of hydrogen-bond donors (Lipinski definition) is 0. The number of nitrogens with zero attached hydrogens (tertiary/aromatic N) is 1. The first-order valence-electron chi connectivity index (χ1n) is 8.38. The maximum Gasteiger partial charge on any atom is 0.248 e. The van der Waals surface area contributed by atoms with E-state index in [0.29, 0.717) is 13.2 Å². The molecule has 0 aromatic rings. The van der Waals surface area contributed by atoms with E-state index in [-0.39, 0.29) is 0 Å². The topological polar surface area (TPSA) is 29.3 Å². The summed E-state index contributed by atoms with van der Waals surface area (Å²) in [5.41, 5.74) is 0. The van der Waals surface area contributed by atoms with Crippen LogP contribution in [-0.2, 0) is 4.84 Å². The molecule has 0 radical (unpaired) electrons. The second-order valence-electron chi connectivity index (χ2n) is 5.43. The Kier molecular flexibility index (Phi) is 15.0. The first kappa shape index (κ1) is 18.4. The average molecular weight is 272 g/mol. The molecule has 0 saturated heterocycles. The third-order valence-corrected chi connectivity index (χ3v) is 3.43. The minimum absolute atomic E-state index is 0.530. The van der Waals surface area contributed by atoms with Crippen molar-refractivity contribution in [2.24, 2.45) is 0 Å². The molecule has 0 aliphatic heterocycles. The number of rotatable bonds is 15. The summed E-state index contributed by atoms with van der Waals surface area (Å²) in [5, 5.41) is 0. The largest absolute Gasteiger partial charge is 0.248 e. The molecule has 0 saturated carbocycles. The van der Waals surface area contributed by atoms with Crippen LogP contribution in [0.4, 0.5) is 0 Å². The molecule has 0 aliphatic rings. The Morgan fingerprint density at radius 1 is 0.684 bits per heavy atom. The third kappa shape index (κ3) is 15.3. The lowest BCUT2D eigenvalue weighted by Crippen LogP contribution is -2.11. The Labute approximate surface area is 119 Å². The van der Waals surface area contributed by atoms with Crippen molar-refractivity contribution in [2.45, 2.75) is 90.9 Å². The molecule has 0 rings (SSSR count). The number of unbranched alkanes of at least 4 members (excludes halogenated alkanes) is 10. The van der Waals surface area contributed by atoms with Gasteiger partial charge in [0.15, 0.2) is 6.61 Å². The number of hydrogen-bond acceptors (Lipinski definition) is 2. The lowest BCUT2D eigenvalue weighted by molar-refractivity contribution is -0.803. The molecule has 0 spiro atoms. The predicted molar refractivity (Wildman–Crippen MR) is 81.2 cm³/mol. The molecular weight excluding hydrogens is 238 g/mol. The van der Waals surface area contributed by atoms with E-state index < -0.39 is 0 Å². The zero-order chi connectivity index (χ0) is 14.2. The Balaban J connectivity index is 3.13. The predicted octanol–water partition coefficient (Wildman–Crippen LogP) is 5.42. The van der Waals surface area contributed by atoms with E-state index in [9.17, 15) is 4.91 Å². The van der Waals surface area contributed by atoms with Crippen molar-refractivity contribution < 1.29 is 9.76 Å². The van der Waals surface area contributed by atoms with Gasteiger partial charge in [-0.1, -0.05) is 65.2 Å². The lowest BCUT2D eigenvalue weighted by Gasteiger charge is -1.99. The minimum atomic E-state index is 0.530. The van der Waals surface area contributed by atoms with Crippen molar-refractivity contribution in [1.29, 1.82) is 0 Å². The van der Waals surface area contributed by atoms with Crippen molar-refractivity contribution in [3.8, 4) is 0 Å². The van der Waals surface area contributed by atoms with E-state index in [1.807, 2.05) is 0 Å². The molecule has 0 fully saturated rings. The van der Waals surface area contributed by atoms with Crippen LogP contribution in [0.5, 0.6) is 0 Å². The molecule has 3 heteroatoms. The molecule has 19 heavy (non-hydrogen) atoms. The molecule has 114 valence electrons. The van der Waals surface area contributed by atoms with Gasteiger partial charge in [-0.25, -0.2) is 4.84 Å². The normalized spacial score (nSPS) is 10.6. The van der Waals surface area contributed by atoms with Gasteiger partial charge in [0, 0.05) is 6.42 Å². The van der Waals surface area contributed by atoms with Crippen molar-refractivity contribution in [1.82, 2.24) is 0 Å². The van der Waals surface area contributed by atoms with Crippen LogP contribution in [-0.4, -0.2) is 18.1 Å². The van der Waals surface area contributed by atoms with Gasteiger partial charge in [-0.3, -0.25) is 0 Å². The highest BCUT2D eigenvalue weighted by atomic mass is 16.8. The van der Waals surface area contributed by atoms with Crippen LogP contribution in [0.3, 0.4) is 0 Å². The van der Waals surface area contributed by atoms with Crippen LogP contribution in [0, 0.1) is 4.91 Å². The summed E-state index contributed by atoms with van der Waals surface area (Å²) in [6, 6.07) is 0. The van der Waals surface area contributed by atoms with Gasteiger partial charge in [-0.05, 0) is 19.3 Å². The summed E-state index contributed by atoms with van der Waals surface area (Å²) in [7, 11) is 0. The van der Waals surface area contributed by atoms with Crippen molar-refractivity contribution in [3.05, 3.63) is 4.91 Å². The highest BCUT2D eigenvalue weighted by molar-refractivity contribution is 4.43. The second kappa shape index (κ2) is 15.5. The maximum absolute atomic E-state index is 11.4. The third-order valence-electron chi connectivity index (χ3n) is 3.43. The van der Waals surface area contributed by atoms with Gasteiger partial charge >= 0.3 is 0 Å². The van der Waals surface area contributed by atoms with Gasteiger partial charge < -0.3 is 0 Å². The summed E-state index contributed by atoms with van der Waals surface area (Å²) < 4.78 is 0. The van der Waals surface area contributed by atoms with Crippen molar-refractivity contribution in [3.63, 3.8) is 0 Å². The van der Waals surface area contributed by atoms with E-state index in [2.05, 4.69) is 13.8 Å². The van der Waals surface area contributed by atoms with Gasteiger partial charge in [0.2, 0.25) is 11.5 Å². The lowest BCUT2D eigenvalue weighted by atomic mass is 10.1. The van der Waals surface area contributed by atoms with Gasteiger partial charge in [0.1, 0.15) is 0 Å². The van der Waals surface area contributed by atoms with Crippen LogP contribution >= 0.6 is 0 Å². The molecule has 0 amide bonds. The summed E-state index contributed by atoms with van der Waals surface area (Å²) >= 11 is 0. The molecule has 0 N–H and O–H groups in total. The zero-order valence-corrected chi connectivity index (χ0v) is 13.2. The molecule has 0 bridgehead atoms. The highest BCUT2D eigenvalue weighted by Crippen LogP contribution is 2.06. The zero-order valence-electron chi connectivity index (χ0n) is 13.2. The van der Waals surface area contributed by atoms with E-state index in [0.717, 1.165) is 24.2 Å². The van der Waals surface area contributed by atoms with Gasteiger partial charge in [0.25, 0.3) is 0 Å². The quantitative estimate of drug-likeness (QED) is 0.294. The van der Waals surface area contributed by atoms with Gasteiger partial charge in [-0.2, -0.15) is 0 Å². The fourth-order valence-corrected chi connectivity index (χ4v) is 2.13. The molecule has 0 aliphatic carbocycles. The summed E-state index contributed by atoms with van der Waals surface area (Å²) in [5.74, 6) is 0. The van der Waals surface area contributed by atoms with E-state index in [1.54, 1.807) is 0 Å². The Hall–Kier alpha value is -0.600. The monoisotopic (exact) mass is 272 g/mol. The molecule has 3 nitrogen and oxygen atoms in total. The van der Waals surface area contributed by atoms with Crippen molar-refractivity contribution in [2.75, 3.05) is 13.2 Å². The SMILES string of the molecule is CCCCCCCCO[N+](=O)CCCCCCCC. The van der Waals surface area contributed by atoms with Crippen LogP contribution < -0.4 is 0 Å². The molecular formula is C16H34NO2+. The summed E-state index contributed by atoms with van der Waals surface area (Å²) in [4.78, 5) is 17.3. The van der Waals surface area contributed by atoms with Crippen LogP contribution in [0.25, 0.3) is 0 Å². The van der Waals surface area contributed by atoms with Crippen LogP contribution in [0.15, 0.2) is 0 Å². The molecule has 0 heterocycles. The molecule has 0 aromatic carbocycles. The first-order chi connectivity index (χ1) is 9.31. The fraction of sp³-hybridized carbons (Fsp3) is 1.00. The van der Waals surface area contributed by atoms with Crippen molar-refractivity contribution >= 4 is 0 Å². The summed E-state index contributed by atoms with van der Waals surface area (Å²) in [6.45, 7) is 5.56. The highest BCUT2D eigenvalue weighted by Gasteiger charge is 2.08. The molecule has 0 aromatic heterocycles. The Morgan fingerprint density at radius 3 is 1.74 bits per heavy atom. The van der Waals surface area contributed by atoms with Crippen LogP contribution in [0.1, 0.15) is 90.9 Å². The molecule has 0 unspecified atom stereocenters. The maximum atomic E-state index is 11.4. The van der Waals surface area contributed by atoms with Gasteiger partial charge in [-0.15, -0.1) is 0 Å². The summed E-state index contributed by atoms with van der Waals surface area (Å²) in [6.07, 6.45) is 14.6. The Bertz CT molecular complexity index is 195.